The zero-order chi connectivity index (χ0) is 15.2. The van der Waals surface area contributed by atoms with Crippen molar-refractivity contribution in [2.45, 2.75) is 25.5 Å². The highest BCUT2D eigenvalue weighted by atomic mass is 35.5. The second-order valence-corrected chi connectivity index (χ2v) is 5.34. The topological polar surface area (TPSA) is 52.3 Å². The van der Waals surface area contributed by atoms with Gasteiger partial charge in [-0.3, -0.25) is 4.79 Å². The summed E-state index contributed by atoms with van der Waals surface area (Å²) in [6.45, 7) is 2.10. The molecule has 2 aromatic carbocycles. The van der Waals surface area contributed by atoms with Crippen LogP contribution in [0.2, 0.25) is 5.02 Å². The summed E-state index contributed by atoms with van der Waals surface area (Å²) in [4.78, 5) is 12.1. The Kier molecular flexibility index (Phi) is 5.37. The summed E-state index contributed by atoms with van der Waals surface area (Å²) in [6, 6.07) is 16.1. The number of ether oxygens (including phenoxy) is 1. The molecule has 0 unspecified atom stereocenters. The normalized spacial score (nSPS) is 13.5. The number of carbonyl (C=O) groups excluding carboxylic acids is 1. The number of halogens is 1. The molecule has 3 nitrogen and oxygen atoms in total. The molecule has 0 bridgehead atoms. The second-order valence-electron chi connectivity index (χ2n) is 4.93. The van der Waals surface area contributed by atoms with E-state index in [9.17, 15) is 4.79 Å². The van der Waals surface area contributed by atoms with E-state index in [2.05, 4.69) is 0 Å². The van der Waals surface area contributed by atoms with Gasteiger partial charge in [0.1, 0.15) is 12.6 Å². The molecule has 0 heterocycles. The molecular weight excluding hydrogens is 286 g/mol. The first-order valence-electron chi connectivity index (χ1n) is 6.80. The Morgan fingerprint density at radius 2 is 1.76 bits per heavy atom. The SMILES string of the molecule is C[C@H](c1ccccc1Cl)[C@H](N)C(=O)OCc1ccccc1. The molecule has 4 heteroatoms. The Hall–Kier alpha value is -1.84. The fourth-order valence-electron chi connectivity index (χ4n) is 2.07. The summed E-state index contributed by atoms with van der Waals surface area (Å²) in [5.74, 6) is -0.631. The van der Waals surface area contributed by atoms with E-state index in [1.807, 2.05) is 55.5 Å². The van der Waals surface area contributed by atoms with E-state index < -0.39 is 12.0 Å². The summed E-state index contributed by atoms with van der Waals surface area (Å²) in [6.07, 6.45) is 0. The molecule has 0 radical (unpaired) electrons. The fourth-order valence-corrected chi connectivity index (χ4v) is 2.37. The van der Waals surface area contributed by atoms with Gasteiger partial charge in [0.15, 0.2) is 0 Å². The third-order valence-corrected chi connectivity index (χ3v) is 3.77. The van der Waals surface area contributed by atoms with E-state index in [1.165, 1.54) is 0 Å². The standard InChI is InChI=1S/C17H18ClNO2/c1-12(14-9-5-6-10-15(14)18)16(19)17(20)21-11-13-7-3-2-4-8-13/h2-10,12,16H,11,19H2,1H3/t12-,16+/m1/s1. The molecule has 2 atom stereocenters. The molecular formula is C17H18ClNO2. The van der Waals surface area contributed by atoms with E-state index in [4.69, 9.17) is 22.1 Å². The molecule has 0 saturated heterocycles. The van der Waals surface area contributed by atoms with Crippen LogP contribution < -0.4 is 5.73 Å². The quantitative estimate of drug-likeness (QED) is 0.860. The largest absolute Gasteiger partial charge is 0.460 e. The Morgan fingerprint density at radius 3 is 2.43 bits per heavy atom. The third-order valence-electron chi connectivity index (χ3n) is 3.43. The van der Waals surface area contributed by atoms with Gasteiger partial charge in [-0.1, -0.05) is 67.1 Å². The van der Waals surface area contributed by atoms with Crippen molar-refractivity contribution in [1.82, 2.24) is 0 Å². The monoisotopic (exact) mass is 303 g/mol. The van der Waals surface area contributed by atoms with Crippen LogP contribution in [-0.4, -0.2) is 12.0 Å². The van der Waals surface area contributed by atoms with Crippen LogP contribution in [0.4, 0.5) is 0 Å². The van der Waals surface area contributed by atoms with E-state index in [0.717, 1.165) is 11.1 Å². The molecule has 0 fully saturated rings. The minimum atomic E-state index is -0.742. The number of rotatable bonds is 5. The molecule has 0 amide bonds. The number of benzene rings is 2. The Morgan fingerprint density at radius 1 is 1.14 bits per heavy atom. The molecule has 0 aliphatic carbocycles. The van der Waals surface area contributed by atoms with Crippen LogP contribution >= 0.6 is 11.6 Å². The number of hydrogen-bond donors (Lipinski definition) is 1. The predicted octanol–water partition coefficient (Wildman–Crippen LogP) is 3.51. The summed E-state index contributed by atoms with van der Waals surface area (Å²) in [5, 5.41) is 0.608. The maximum Gasteiger partial charge on any atom is 0.323 e. The molecule has 0 aliphatic heterocycles. The highest BCUT2D eigenvalue weighted by Crippen LogP contribution is 2.26. The highest BCUT2D eigenvalue weighted by Gasteiger charge is 2.25. The van der Waals surface area contributed by atoms with E-state index in [0.29, 0.717) is 5.02 Å². The first kappa shape index (κ1) is 15.5. The lowest BCUT2D eigenvalue weighted by molar-refractivity contribution is -0.147. The zero-order valence-corrected chi connectivity index (χ0v) is 12.6. The lowest BCUT2D eigenvalue weighted by Gasteiger charge is -2.20. The molecule has 110 valence electrons. The summed E-state index contributed by atoms with van der Waals surface area (Å²) in [5.41, 5.74) is 7.78. The maximum absolute atomic E-state index is 12.1. The molecule has 21 heavy (non-hydrogen) atoms. The van der Waals surface area contributed by atoms with Crippen LogP contribution in [0.15, 0.2) is 54.6 Å². The van der Waals surface area contributed by atoms with Crippen LogP contribution in [0.3, 0.4) is 0 Å². The van der Waals surface area contributed by atoms with E-state index in [1.54, 1.807) is 6.07 Å². The van der Waals surface area contributed by atoms with Gasteiger partial charge in [-0.15, -0.1) is 0 Å². The molecule has 2 aromatic rings. The van der Waals surface area contributed by atoms with Crippen molar-refractivity contribution < 1.29 is 9.53 Å². The van der Waals surface area contributed by atoms with Gasteiger partial charge in [-0.05, 0) is 17.2 Å². The molecule has 0 spiro atoms. The average molecular weight is 304 g/mol. The van der Waals surface area contributed by atoms with Crippen molar-refractivity contribution in [3.63, 3.8) is 0 Å². The van der Waals surface area contributed by atoms with Crippen molar-refractivity contribution in [3.8, 4) is 0 Å². The zero-order valence-electron chi connectivity index (χ0n) is 11.8. The second kappa shape index (κ2) is 7.25. The molecule has 0 aromatic heterocycles. The van der Waals surface area contributed by atoms with Gasteiger partial charge >= 0.3 is 5.97 Å². The van der Waals surface area contributed by atoms with Crippen molar-refractivity contribution in [3.05, 3.63) is 70.7 Å². The minimum Gasteiger partial charge on any atom is -0.460 e. The molecule has 2 N–H and O–H groups in total. The molecule has 0 aliphatic rings. The van der Waals surface area contributed by atoms with E-state index in [-0.39, 0.29) is 12.5 Å². The number of esters is 1. The molecule has 0 saturated carbocycles. The van der Waals surface area contributed by atoms with E-state index >= 15 is 0 Å². The predicted molar refractivity (Wildman–Crippen MR) is 84.1 cm³/mol. The highest BCUT2D eigenvalue weighted by molar-refractivity contribution is 6.31. The van der Waals surface area contributed by atoms with Gasteiger partial charge in [0.25, 0.3) is 0 Å². The van der Waals surface area contributed by atoms with Gasteiger partial charge in [-0.25, -0.2) is 0 Å². The van der Waals surface area contributed by atoms with Gasteiger partial charge in [0.05, 0.1) is 0 Å². The average Bonchev–Trinajstić information content (AvgIpc) is 2.52. The smallest absolute Gasteiger partial charge is 0.323 e. The lowest BCUT2D eigenvalue weighted by atomic mass is 9.94. The van der Waals surface area contributed by atoms with Crippen LogP contribution in [-0.2, 0) is 16.1 Å². The maximum atomic E-state index is 12.1. The van der Waals surface area contributed by atoms with Crippen molar-refractivity contribution in [1.29, 1.82) is 0 Å². The summed E-state index contributed by atoms with van der Waals surface area (Å²) < 4.78 is 5.27. The fraction of sp³-hybridized carbons (Fsp3) is 0.235. The van der Waals surface area contributed by atoms with Crippen molar-refractivity contribution in [2.75, 3.05) is 0 Å². The van der Waals surface area contributed by atoms with Crippen LogP contribution in [0.5, 0.6) is 0 Å². The number of carbonyl (C=O) groups is 1. The summed E-state index contributed by atoms with van der Waals surface area (Å²) in [7, 11) is 0. The Balaban J connectivity index is 1.97. The number of hydrogen-bond acceptors (Lipinski definition) is 3. The molecule has 2 rings (SSSR count). The first-order chi connectivity index (χ1) is 10.1. The van der Waals surface area contributed by atoms with Gasteiger partial charge < -0.3 is 10.5 Å². The minimum absolute atomic E-state index is 0.207. The van der Waals surface area contributed by atoms with Crippen LogP contribution in [0.1, 0.15) is 24.0 Å². The van der Waals surface area contributed by atoms with Crippen LogP contribution in [0, 0.1) is 0 Å². The van der Waals surface area contributed by atoms with Gasteiger partial charge in [0, 0.05) is 10.9 Å². The van der Waals surface area contributed by atoms with Crippen LogP contribution in [0.25, 0.3) is 0 Å². The van der Waals surface area contributed by atoms with Gasteiger partial charge in [0.2, 0.25) is 0 Å². The summed E-state index contributed by atoms with van der Waals surface area (Å²) >= 11 is 6.13. The lowest BCUT2D eigenvalue weighted by Crippen LogP contribution is -2.37. The van der Waals surface area contributed by atoms with Crippen molar-refractivity contribution in [2.24, 2.45) is 5.73 Å². The third kappa shape index (κ3) is 4.06. The first-order valence-corrected chi connectivity index (χ1v) is 7.18. The Bertz CT molecular complexity index is 601. The van der Waals surface area contributed by atoms with Gasteiger partial charge in [-0.2, -0.15) is 0 Å². The number of nitrogens with two attached hydrogens (primary N) is 1. The van der Waals surface area contributed by atoms with Crippen molar-refractivity contribution >= 4 is 17.6 Å². The Labute approximate surface area is 129 Å².